The molecular weight excluding hydrogens is 332 g/mol. The number of benzene rings is 2. The van der Waals surface area contributed by atoms with Gasteiger partial charge in [-0.3, -0.25) is 4.79 Å². The van der Waals surface area contributed by atoms with Crippen LogP contribution in [-0.2, 0) is 11.3 Å². The molecule has 1 amide bonds. The molecule has 0 spiro atoms. The Morgan fingerprint density at radius 2 is 1.81 bits per heavy atom. The Morgan fingerprint density at radius 3 is 2.59 bits per heavy atom. The van der Waals surface area contributed by atoms with Crippen molar-refractivity contribution in [3.05, 3.63) is 89.2 Å². The number of amides is 1. The van der Waals surface area contributed by atoms with Crippen molar-refractivity contribution >= 4 is 5.91 Å². The van der Waals surface area contributed by atoms with Gasteiger partial charge in [-0.15, -0.1) is 0 Å². The van der Waals surface area contributed by atoms with Crippen LogP contribution in [0.2, 0.25) is 0 Å². The molecule has 0 bridgehead atoms. The molecule has 3 aromatic rings. The normalized spacial score (nSPS) is 15.8. The number of fused-ring (bicyclic) bond motifs is 3. The van der Waals surface area contributed by atoms with Gasteiger partial charge in [-0.1, -0.05) is 61.4 Å². The molecule has 0 saturated heterocycles. The molecule has 4 rings (SSSR count). The summed E-state index contributed by atoms with van der Waals surface area (Å²) in [7, 11) is 0. The highest BCUT2D eigenvalue weighted by Gasteiger charge is 2.32. The molecule has 0 aliphatic carbocycles. The molecular formula is C24H26N2O. The van der Waals surface area contributed by atoms with E-state index in [0.717, 1.165) is 18.5 Å². The summed E-state index contributed by atoms with van der Waals surface area (Å²) in [6, 6.07) is 21.1. The van der Waals surface area contributed by atoms with Crippen molar-refractivity contribution in [3.63, 3.8) is 0 Å². The van der Waals surface area contributed by atoms with Gasteiger partial charge in [-0.2, -0.15) is 0 Å². The van der Waals surface area contributed by atoms with Crippen molar-refractivity contribution in [2.24, 2.45) is 0 Å². The average Bonchev–Trinajstić information content (AvgIpc) is 3.11. The third-order valence-corrected chi connectivity index (χ3v) is 5.42. The number of para-hydroxylation sites is 1. The summed E-state index contributed by atoms with van der Waals surface area (Å²) in [5, 5.41) is 0. The summed E-state index contributed by atoms with van der Waals surface area (Å²) < 4.78 is 2.24. The third kappa shape index (κ3) is 3.30. The number of hydrogen-bond donors (Lipinski definition) is 0. The van der Waals surface area contributed by atoms with E-state index in [4.69, 9.17) is 0 Å². The van der Waals surface area contributed by atoms with Gasteiger partial charge in [0.1, 0.15) is 0 Å². The minimum atomic E-state index is -0.0719. The Hall–Kier alpha value is -2.81. The van der Waals surface area contributed by atoms with E-state index in [-0.39, 0.29) is 11.9 Å². The molecule has 1 atom stereocenters. The Balaban J connectivity index is 1.87. The molecule has 0 N–H and O–H groups in total. The van der Waals surface area contributed by atoms with Crippen LogP contribution in [0.15, 0.2) is 66.9 Å². The Kier molecular flexibility index (Phi) is 4.85. The Morgan fingerprint density at radius 1 is 1.04 bits per heavy atom. The fraction of sp³-hybridized carbons (Fsp3) is 0.292. The van der Waals surface area contributed by atoms with Crippen LogP contribution >= 0.6 is 0 Å². The maximum atomic E-state index is 13.2. The number of aryl methyl sites for hydroxylation is 1. The Bertz CT molecular complexity index is 939. The molecule has 27 heavy (non-hydrogen) atoms. The van der Waals surface area contributed by atoms with Gasteiger partial charge in [-0.25, -0.2) is 0 Å². The van der Waals surface area contributed by atoms with Crippen LogP contribution in [0.3, 0.4) is 0 Å². The number of carbonyl (C=O) groups is 1. The van der Waals surface area contributed by atoms with Gasteiger partial charge >= 0.3 is 0 Å². The second-order valence-electron chi connectivity index (χ2n) is 7.37. The van der Waals surface area contributed by atoms with Gasteiger partial charge in [0, 0.05) is 24.9 Å². The Labute approximate surface area is 161 Å². The first kappa shape index (κ1) is 17.6. The van der Waals surface area contributed by atoms with Crippen molar-refractivity contribution < 1.29 is 4.79 Å². The smallest absolute Gasteiger partial charge is 0.223 e. The minimum Gasteiger partial charge on any atom is -0.326 e. The van der Waals surface area contributed by atoms with E-state index >= 15 is 0 Å². The molecule has 3 nitrogen and oxygen atoms in total. The summed E-state index contributed by atoms with van der Waals surface area (Å²) >= 11 is 0. The van der Waals surface area contributed by atoms with Gasteiger partial charge in [-0.05, 0) is 42.7 Å². The van der Waals surface area contributed by atoms with Crippen molar-refractivity contribution in [3.8, 4) is 5.69 Å². The van der Waals surface area contributed by atoms with Crippen LogP contribution in [0.1, 0.15) is 54.6 Å². The van der Waals surface area contributed by atoms with Gasteiger partial charge in [0.25, 0.3) is 0 Å². The van der Waals surface area contributed by atoms with Crippen LogP contribution in [0.25, 0.3) is 5.69 Å². The highest BCUT2D eigenvalue weighted by Crippen LogP contribution is 2.37. The summed E-state index contributed by atoms with van der Waals surface area (Å²) in [4.78, 5) is 15.3. The first-order chi connectivity index (χ1) is 13.2. The second kappa shape index (κ2) is 7.43. The largest absolute Gasteiger partial charge is 0.326 e. The van der Waals surface area contributed by atoms with Gasteiger partial charge < -0.3 is 9.47 Å². The summed E-state index contributed by atoms with van der Waals surface area (Å²) in [6.45, 7) is 4.87. The SMILES string of the molecule is CCCCC(=O)N1Cc2ccccc2-n2cccc2C1c1ccc(C)cc1. The van der Waals surface area contributed by atoms with E-state index in [1.165, 1.54) is 22.4 Å². The lowest BCUT2D eigenvalue weighted by Crippen LogP contribution is -2.34. The zero-order valence-corrected chi connectivity index (χ0v) is 16.1. The number of aromatic nitrogens is 1. The second-order valence-corrected chi connectivity index (χ2v) is 7.37. The molecule has 2 aromatic carbocycles. The van der Waals surface area contributed by atoms with Crippen molar-refractivity contribution in [1.82, 2.24) is 9.47 Å². The predicted octanol–water partition coefficient (Wildman–Crippen LogP) is 5.41. The molecule has 2 heterocycles. The predicted molar refractivity (Wildman–Crippen MR) is 109 cm³/mol. The van der Waals surface area contributed by atoms with Crippen LogP contribution in [0.4, 0.5) is 0 Å². The summed E-state index contributed by atoms with van der Waals surface area (Å²) in [5.41, 5.74) is 5.90. The van der Waals surface area contributed by atoms with E-state index in [1.54, 1.807) is 0 Å². The highest BCUT2D eigenvalue weighted by molar-refractivity contribution is 5.77. The number of nitrogens with zero attached hydrogens (tertiary/aromatic N) is 2. The minimum absolute atomic E-state index is 0.0719. The summed E-state index contributed by atoms with van der Waals surface area (Å²) in [6.07, 6.45) is 4.66. The standard InChI is InChI=1S/C24H26N2O/c1-3-4-11-23(27)26-17-20-8-5-6-9-21(20)25-16-7-10-22(25)24(26)19-14-12-18(2)13-15-19/h5-10,12-16,24H,3-4,11,17H2,1-2H3. The topological polar surface area (TPSA) is 25.2 Å². The zero-order valence-electron chi connectivity index (χ0n) is 16.1. The number of hydrogen-bond acceptors (Lipinski definition) is 1. The molecule has 1 aromatic heterocycles. The van der Waals surface area contributed by atoms with E-state index in [2.05, 4.69) is 90.2 Å². The van der Waals surface area contributed by atoms with Crippen LogP contribution in [-0.4, -0.2) is 15.4 Å². The summed E-state index contributed by atoms with van der Waals surface area (Å²) in [5.74, 6) is 0.229. The highest BCUT2D eigenvalue weighted by atomic mass is 16.2. The molecule has 138 valence electrons. The van der Waals surface area contributed by atoms with Gasteiger partial charge in [0.05, 0.1) is 11.7 Å². The van der Waals surface area contributed by atoms with Crippen molar-refractivity contribution in [2.45, 2.75) is 45.7 Å². The lowest BCUT2D eigenvalue weighted by atomic mass is 9.99. The van der Waals surface area contributed by atoms with E-state index in [1.807, 2.05) is 0 Å². The van der Waals surface area contributed by atoms with Crippen LogP contribution in [0, 0.1) is 6.92 Å². The first-order valence-electron chi connectivity index (χ1n) is 9.80. The lowest BCUT2D eigenvalue weighted by molar-refractivity contribution is -0.133. The quantitative estimate of drug-likeness (QED) is 0.612. The lowest BCUT2D eigenvalue weighted by Gasteiger charge is -2.31. The average molecular weight is 358 g/mol. The van der Waals surface area contributed by atoms with E-state index < -0.39 is 0 Å². The first-order valence-corrected chi connectivity index (χ1v) is 9.80. The molecule has 0 radical (unpaired) electrons. The maximum Gasteiger partial charge on any atom is 0.223 e. The molecule has 0 saturated carbocycles. The van der Waals surface area contributed by atoms with E-state index in [0.29, 0.717) is 13.0 Å². The molecule has 1 aliphatic heterocycles. The van der Waals surface area contributed by atoms with Gasteiger partial charge in [0.2, 0.25) is 5.91 Å². The molecule has 1 aliphatic rings. The van der Waals surface area contributed by atoms with E-state index in [9.17, 15) is 4.79 Å². The number of rotatable bonds is 4. The number of carbonyl (C=O) groups excluding carboxylic acids is 1. The molecule has 0 fully saturated rings. The van der Waals surface area contributed by atoms with Crippen molar-refractivity contribution in [2.75, 3.05) is 0 Å². The fourth-order valence-electron chi connectivity index (χ4n) is 3.95. The number of unbranched alkanes of at least 4 members (excludes halogenated alkanes) is 1. The fourth-order valence-corrected chi connectivity index (χ4v) is 3.95. The monoisotopic (exact) mass is 358 g/mol. The van der Waals surface area contributed by atoms with Crippen LogP contribution < -0.4 is 0 Å². The third-order valence-electron chi connectivity index (χ3n) is 5.42. The van der Waals surface area contributed by atoms with Crippen molar-refractivity contribution in [1.29, 1.82) is 0 Å². The van der Waals surface area contributed by atoms with Gasteiger partial charge in [0.15, 0.2) is 0 Å². The molecule has 3 heteroatoms. The zero-order chi connectivity index (χ0) is 18.8. The van der Waals surface area contributed by atoms with Crippen LogP contribution in [0.5, 0.6) is 0 Å². The molecule has 1 unspecified atom stereocenters. The maximum absolute atomic E-state index is 13.2.